The van der Waals surface area contributed by atoms with Crippen LogP contribution in [-0.2, 0) is 5.41 Å². The van der Waals surface area contributed by atoms with Crippen LogP contribution in [0.3, 0.4) is 0 Å². The first kappa shape index (κ1) is 8.36. The summed E-state index contributed by atoms with van der Waals surface area (Å²) in [7, 11) is 0. The molecule has 0 aliphatic carbocycles. The van der Waals surface area contributed by atoms with Crippen molar-refractivity contribution < 1.29 is 4.42 Å². The van der Waals surface area contributed by atoms with E-state index in [9.17, 15) is 0 Å². The van der Waals surface area contributed by atoms with E-state index < -0.39 is 0 Å². The van der Waals surface area contributed by atoms with Crippen LogP contribution in [0.1, 0.15) is 26.5 Å². The quantitative estimate of drug-likeness (QED) is 0.593. The van der Waals surface area contributed by atoms with Gasteiger partial charge in [0.15, 0.2) is 0 Å². The highest BCUT2D eigenvalue weighted by molar-refractivity contribution is 5.84. The minimum Gasteiger partial charge on any atom is -0.468 e. The summed E-state index contributed by atoms with van der Waals surface area (Å²) in [6, 6.07) is 8.27. The van der Waals surface area contributed by atoms with Gasteiger partial charge in [0.05, 0.1) is 6.26 Å². The van der Waals surface area contributed by atoms with E-state index in [1.165, 1.54) is 10.8 Å². The SMILES string of the molecule is CC(C)(C)c1occ2ccccc12. The number of hydrogen-bond donors (Lipinski definition) is 0. The molecule has 0 fully saturated rings. The molecule has 0 N–H and O–H groups in total. The second-order valence-corrected chi connectivity index (χ2v) is 4.40. The lowest BCUT2D eigenvalue weighted by molar-refractivity contribution is 0.415. The molecule has 0 bridgehead atoms. The molecule has 1 heteroatoms. The topological polar surface area (TPSA) is 13.1 Å². The van der Waals surface area contributed by atoms with Gasteiger partial charge in [-0.25, -0.2) is 0 Å². The zero-order valence-electron chi connectivity index (χ0n) is 8.29. The van der Waals surface area contributed by atoms with Gasteiger partial charge in [-0.1, -0.05) is 45.0 Å². The number of benzene rings is 1. The summed E-state index contributed by atoms with van der Waals surface area (Å²) in [6.07, 6.45) is 1.83. The van der Waals surface area contributed by atoms with Gasteiger partial charge in [-0.3, -0.25) is 0 Å². The average Bonchev–Trinajstić information content (AvgIpc) is 2.45. The molecule has 2 aromatic rings. The zero-order chi connectivity index (χ0) is 9.47. The van der Waals surface area contributed by atoms with Crippen molar-refractivity contribution in [1.29, 1.82) is 0 Å². The second-order valence-electron chi connectivity index (χ2n) is 4.40. The molecular weight excluding hydrogens is 160 g/mol. The van der Waals surface area contributed by atoms with E-state index in [0.717, 1.165) is 5.76 Å². The molecule has 68 valence electrons. The second kappa shape index (κ2) is 2.63. The van der Waals surface area contributed by atoms with E-state index in [4.69, 9.17) is 4.42 Å². The van der Waals surface area contributed by atoms with Crippen LogP contribution in [0.4, 0.5) is 0 Å². The maximum Gasteiger partial charge on any atom is 0.116 e. The Hall–Kier alpha value is -1.24. The van der Waals surface area contributed by atoms with Gasteiger partial charge in [0.2, 0.25) is 0 Å². The fraction of sp³-hybridized carbons (Fsp3) is 0.333. The molecule has 0 saturated heterocycles. The van der Waals surface area contributed by atoms with Gasteiger partial charge >= 0.3 is 0 Å². The zero-order valence-corrected chi connectivity index (χ0v) is 8.29. The van der Waals surface area contributed by atoms with Crippen LogP contribution in [-0.4, -0.2) is 0 Å². The molecule has 0 aliphatic rings. The Bertz CT molecular complexity index is 418. The Kier molecular flexibility index (Phi) is 1.69. The average molecular weight is 174 g/mol. The standard InChI is InChI=1S/C12H14O/c1-12(2,3)11-10-7-5-4-6-9(10)8-13-11/h4-8H,1-3H3. The smallest absolute Gasteiger partial charge is 0.116 e. The Morgan fingerprint density at radius 1 is 1.08 bits per heavy atom. The summed E-state index contributed by atoms with van der Waals surface area (Å²) in [5, 5.41) is 2.42. The highest BCUT2D eigenvalue weighted by Gasteiger charge is 2.20. The van der Waals surface area contributed by atoms with E-state index in [1.54, 1.807) is 0 Å². The van der Waals surface area contributed by atoms with E-state index in [0.29, 0.717) is 0 Å². The molecular formula is C12H14O. The van der Waals surface area contributed by atoms with Gasteiger partial charge in [-0.15, -0.1) is 0 Å². The largest absolute Gasteiger partial charge is 0.468 e. The van der Waals surface area contributed by atoms with Crippen LogP contribution in [0.2, 0.25) is 0 Å². The Morgan fingerprint density at radius 2 is 1.77 bits per heavy atom. The summed E-state index contributed by atoms with van der Waals surface area (Å²) in [4.78, 5) is 0. The van der Waals surface area contributed by atoms with Crippen LogP contribution in [0.5, 0.6) is 0 Å². The molecule has 0 radical (unpaired) electrons. The lowest BCUT2D eigenvalue weighted by atomic mass is 9.91. The third-order valence-electron chi connectivity index (χ3n) is 2.19. The molecule has 1 nitrogen and oxygen atoms in total. The number of fused-ring (bicyclic) bond motifs is 1. The lowest BCUT2D eigenvalue weighted by Gasteiger charge is -2.15. The molecule has 13 heavy (non-hydrogen) atoms. The Balaban J connectivity index is 2.72. The van der Waals surface area contributed by atoms with Crippen LogP contribution < -0.4 is 0 Å². The molecule has 0 amide bonds. The first-order valence-corrected chi connectivity index (χ1v) is 4.56. The van der Waals surface area contributed by atoms with Gasteiger partial charge < -0.3 is 4.42 Å². The third-order valence-corrected chi connectivity index (χ3v) is 2.19. The van der Waals surface area contributed by atoms with E-state index in [1.807, 2.05) is 18.4 Å². The molecule has 1 aromatic heterocycles. The van der Waals surface area contributed by atoms with Crippen molar-refractivity contribution in [2.45, 2.75) is 26.2 Å². The van der Waals surface area contributed by atoms with Gasteiger partial charge in [-0.05, 0) is 0 Å². The van der Waals surface area contributed by atoms with Gasteiger partial charge in [0.1, 0.15) is 5.76 Å². The predicted octanol–water partition coefficient (Wildman–Crippen LogP) is 3.73. The van der Waals surface area contributed by atoms with Crippen LogP contribution in [0.25, 0.3) is 10.8 Å². The van der Waals surface area contributed by atoms with Crippen molar-refractivity contribution >= 4 is 10.8 Å². The number of rotatable bonds is 0. The minimum atomic E-state index is 0.0864. The fourth-order valence-electron chi connectivity index (χ4n) is 1.57. The van der Waals surface area contributed by atoms with Crippen LogP contribution in [0, 0.1) is 0 Å². The summed E-state index contributed by atoms with van der Waals surface area (Å²) in [6.45, 7) is 6.49. The highest BCUT2D eigenvalue weighted by atomic mass is 16.3. The van der Waals surface area contributed by atoms with Crippen LogP contribution >= 0.6 is 0 Å². The molecule has 0 atom stereocenters. The van der Waals surface area contributed by atoms with E-state index in [2.05, 4.69) is 32.9 Å². The number of furan rings is 1. The Morgan fingerprint density at radius 3 is 2.46 bits per heavy atom. The van der Waals surface area contributed by atoms with E-state index >= 15 is 0 Å². The first-order valence-electron chi connectivity index (χ1n) is 4.56. The molecule has 0 saturated carbocycles. The maximum absolute atomic E-state index is 5.58. The maximum atomic E-state index is 5.58. The van der Waals surface area contributed by atoms with E-state index in [-0.39, 0.29) is 5.41 Å². The van der Waals surface area contributed by atoms with Gasteiger partial charge in [-0.2, -0.15) is 0 Å². The molecule has 0 aliphatic heterocycles. The molecule has 1 aromatic carbocycles. The fourth-order valence-corrected chi connectivity index (χ4v) is 1.57. The van der Waals surface area contributed by atoms with Crippen molar-refractivity contribution in [3.8, 4) is 0 Å². The number of hydrogen-bond acceptors (Lipinski definition) is 1. The van der Waals surface area contributed by atoms with Crippen molar-refractivity contribution in [3.63, 3.8) is 0 Å². The molecule has 0 spiro atoms. The molecule has 2 rings (SSSR count). The van der Waals surface area contributed by atoms with Crippen molar-refractivity contribution in [1.82, 2.24) is 0 Å². The molecule has 0 unspecified atom stereocenters. The summed E-state index contributed by atoms with van der Waals surface area (Å²) < 4.78 is 5.58. The monoisotopic (exact) mass is 174 g/mol. The summed E-state index contributed by atoms with van der Waals surface area (Å²) in [5.41, 5.74) is 0.0864. The third kappa shape index (κ3) is 1.35. The van der Waals surface area contributed by atoms with Gasteiger partial charge in [0, 0.05) is 16.2 Å². The minimum absolute atomic E-state index is 0.0864. The lowest BCUT2D eigenvalue weighted by Crippen LogP contribution is -2.09. The summed E-state index contributed by atoms with van der Waals surface area (Å²) >= 11 is 0. The predicted molar refractivity (Wildman–Crippen MR) is 54.9 cm³/mol. The highest BCUT2D eigenvalue weighted by Crippen LogP contribution is 2.31. The van der Waals surface area contributed by atoms with Crippen molar-refractivity contribution in [2.24, 2.45) is 0 Å². The summed E-state index contributed by atoms with van der Waals surface area (Å²) in [5.74, 6) is 1.07. The normalized spacial score (nSPS) is 12.2. The van der Waals surface area contributed by atoms with Crippen LogP contribution in [0.15, 0.2) is 34.9 Å². The van der Waals surface area contributed by atoms with Gasteiger partial charge in [0.25, 0.3) is 0 Å². The van der Waals surface area contributed by atoms with Crippen molar-refractivity contribution in [2.75, 3.05) is 0 Å². The Labute approximate surface area is 78.4 Å². The molecule has 1 heterocycles. The van der Waals surface area contributed by atoms with Crippen molar-refractivity contribution in [3.05, 3.63) is 36.3 Å². The first-order chi connectivity index (χ1) is 6.09.